The number of hydrogen-bond acceptors (Lipinski definition) is 4. The predicted octanol–water partition coefficient (Wildman–Crippen LogP) is 1.31. The number of para-hydroxylation sites is 2. The number of nitrogens with one attached hydrogen (secondary N) is 2. The summed E-state index contributed by atoms with van der Waals surface area (Å²) in [5, 5.41) is 13.8. The summed E-state index contributed by atoms with van der Waals surface area (Å²) in [6.45, 7) is 2.81. The molecule has 1 aromatic carbocycles. The van der Waals surface area contributed by atoms with Gasteiger partial charge in [-0.3, -0.25) is 0 Å². The Morgan fingerprint density at radius 1 is 1.30 bits per heavy atom. The summed E-state index contributed by atoms with van der Waals surface area (Å²) in [6, 6.07) is 6.20. The molecule has 0 saturated heterocycles. The van der Waals surface area contributed by atoms with Crippen molar-refractivity contribution in [2.45, 2.75) is 6.92 Å². The number of carboxylic acid groups (broad SMARTS) is 1. The van der Waals surface area contributed by atoms with Crippen LogP contribution in [0.4, 0.5) is 10.5 Å². The highest BCUT2D eigenvalue weighted by Crippen LogP contribution is 2.23. The van der Waals surface area contributed by atoms with Crippen LogP contribution in [0.5, 0.6) is 5.75 Å². The molecule has 0 fully saturated rings. The Labute approximate surface area is 116 Å². The molecule has 1 aromatic rings. The fraction of sp³-hybridized carbons (Fsp3) is 0.385. The maximum Gasteiger partial charge on any atom is 0.341 e. The number of ether oxygens (including phenoxy) is 2. The van der Waals surface area contributed by atoms with Gasteiger partial charge in [-0.15, -0.1) is 0 Å². The van der Waals surface area contributed by atoms with Gasteiger partial charge in [-0.25, -0.2) is 9.59 Å². The third-order valence-electron chi connectivity index (χ3n) is 2.22. The fourth-order valence-corrected chi connectivity index (χ4v) is 1.38. The number of rotatable bonds is 8. The molecule has 1 rings (SSSR count). The zero-order valence-corrected chi connectivity index (χ0v) is 11.2. The summed E-state index contributed by atoms with van der Waals surface area (Å²) in [7, 11) is 0. The molecular weight excluding hydrogens is 264 g/mol. The van der Waals surface area contributed by atoms with E-state index in [2.05, 4.69) is 10.6 Å². The van der Waals surface area contributed by atoms with Crippen LogP contribution >= 0.6 is 0 Å². The van der Waals surface area contributed by atoms with Crippen molar-refractivity contribution in [1.29, 1.82) is 0 Å². The first kappa shape index (κ1) is 15.8. The summed E-state index contributed by atoms with van der Waals surface area (Å²) in [5.74, 6) is -0.782. The normalized spacial score (nSPS) is 9.85. The Kier molecular flexibility index (Phi) is 6.91. The van der Waals surface area contributed by atoms with Gasteiger partial charge < -0.3 is 25.2 Å². The molecule has 20 heavy (non-hydrogen) atoms. The lowest BCUT2D eigenvalue weighted by Crippen LogP contribution is -2.31. The van der Waals surface area contributed by atoms with Gasteiger partial charge in [-0.05, 0) is 19.1 Å². The minimum absolute atomic E-state index is 0.301. The average molecular weight is 282 g/mol. The summed E-state index contributed by atoms with van der Waals surface area (Å²) in [5.41, 5.74) is 0.405. The van der Waals surface area contributed by atoms with Gasteiger partial charge in [0.25, 0.3) is 0 Å². The molecule has 0 aliphatic carbocycles. The molecule has 0 heterocycles. The van der Waals surface area contributed by atoms with Gasteiger partial charge in [0.2, 0.25) is 0 Å². The molecule has 0 bridgehead atoms. The Bertz CT molecular complexity index is 450. The first-order valence-electron chi connectivity index (χ1n) is 6.19. The molecule has 0 unspecified atom stereocenters. The molecule has 110 valence electrons. The quantitative estimate of drug-likeness (QED) is 0.625. The maximum absolute atomic E-state index is 11.6. The van der Waals surface area contributed by atoms with Gasteiger partial charge in [-0.2, -0.15) is 0 Å². The van der Waals surface area contributed by atoms with Crippen molar-refractivity contribution in [2.24, 2.45) is 0 Å². The lowest BCUT2D eigenvalue weighted by molar-refractivity contribution is -0.139. The zero-order chi connectivity index (χ0) is 14.8. The summed E-state index contributed by atoms with van der Waals surface area (Å²) < 4.78 is 10.2. The fourth-order valence-electron chi connectivity index (χ4n) is 1.38. The molecule has 2 amide bonds. The van der Waals surface area contributed by atoms with Gasteiger partial charge >= 0.3 is 12.0 Å². The summed E-state index contributed by atoms with van der Waals surface area (Å²) in [4.78, 5) is 22.1. The zero-order valence-electron chi connectivity index (χ0n) is 11.2. The number of anilines is 1. The number of carbonyl (C=O) groups excluding carboxylic acids is 1. The van der Waals surface area contributed by atoms with Crippen molar-refractivity contribution >= 4 is 17.7 Å². The molecule has 0 aliphatic heterocycles. The van der Waals surface area contributed by atoms with Gasteiger partial charge in [-0.1, -0.05) is 12.1 Å². The molecule has 0 saturated carbocycles. The van der Waals surface area contributed by atoms with Crippen molar-refractivity contribution in [1.82, 2.24) is 5.32 Å². The highest BCUT2D eigenvalue weighted by Gasteiger charge is 2.08. The van der Waals surface area contributed by atoms with Crippen LogP contribution in [-0.2, 0) is 9.53 Å². The Hall–Kier alpha value is -2.28. The standard InChI is InChI=1S/C13H18N2O5/c1-2-19-8-7-14-13(18)15-10-5-3-4-6-11(10)20-9-12(16)17/h3-6H,2,7-9H2,1H3,(H,16,17)(H2,14,15,18). The topological polar surface area (TPSA) is 96.9 Å². The van der Waals surface area contributed by atoms with Gasteiger partial charge in [0.1, 0.15) is 5.75 Å². The van der Waals surface area contributed by atoms with E-state index in [4.69, 9.17) is 14.6 Å². The largest absolute Gasteiger partial charge is 0.480 e. The molecule has 0 aromatic heterocycles. The lowest BCUT2D eigenvalue weighted by Gasteiger charge is -2.12. The molecule has 7 heteroatoms. The minimum Gasteiger partial charge on any atom is -0.480 e. The third-order valence-corrected chi connectivity index (χ3v) is 2.22. The van der Waals surface area contributed by atoms with Crippen LogP contribution in [0.1, 0.15) is 6.92 Å². The van der Waals surface area contributed by atoms with Crippen LogP contribution in [0.3, 0.4) is 0 Å². The lowest BCUT2D eigenvalue weighted by atomic mass is 10.3. The van der Waals surface area contributed by atoms with Crippen LogP contribution in [0, 0.1) is 0 Å². The smallest absolute Gasteiger partial charge is 0.341 e. The van der Waals surface area contributed by atoms with E-state index in [1.54, 1.807) is 24.3 Å². The number of amides is 2. The molecule has 0 radical (unpaired) electrons. The predicted molar refractivity (Wildman–Crippen MR) is 73.1 cm³/mol. The van der Waals surface area contributed by atoms with Crippen molar-refractivity contribution in [3.8, 4) is 5.75 Å². The van der Waals surface area contributed by atoms with Crippen molar-refractivity contribution < 1.29 is 24.2 Å². The first-order valence-corrected chi connectivity index (χ1v) is 6.19. The van der Waals surface area contributed by atoms with Crippen LogP contribution in [-0.4, -0.2) is 43.5 Å². The van der Waals surface area contributed by atoms with Crippen LogP contribution in [0.2, 0.25) is 0 Å². The van der Waals surface area contributed by atoms with E-state index in [9.17, 15) is 9.59 Å². The van der Waals surface area contributed by atoms with Crippen molar-refractivity contribution in [3.63, 3.8) is 0 Å². The second-order valence-electron chi connectivity index (χ2n) is 3.76. The highest BCUT2D eigenvalue weighted by atomic mass is 16.5. The molecule has 0 atom stereocenters. The SMILES string of the molecule is CCOCCNC(=O)Nc1ccccc1OCC(=O)O. The van der Waals surface area contributed by atoms with Crippen molar-refractivity contribution in [3.05, 3.63) is 24.3 Å². The average Bonchev–Trinajstić information content (AvgIpc) is 2.42. The minimum atomic E-state index is -1.08. The number of aliphatic carboxylic acids is 1. The van der Waals surface area contributed by atoms with E-state index in [0.717, 1.165) is 0 Å². The Morgan fingerprint density at radius 3 is 2.75 bits per heavy atom. The first-order chi connectivity index (χ1) is 9.63. The number of hydrogen-bond donors (Lipinski definition) is 3. The third kappa shape index (κ3) is 6.05. The van der Waals surface area contributed by atoms with Gasteiger partial charge in [0.15, 0.2) is 6.61 Å². The summed E-state index contributed by atoms with van der Waals surface area (Å²) in [6.07, 6.45) is 0. The highest BCUT2D eigenvalue weighted by molar-refractivity contribution is 5.90. The summed E-state index contributed by atoms with van der Waals surface area (Å²) >= 11 is 0. The van der Waals surface area contributed by atoms with Gasteiger partial charge in [0, 0.05) is 13.2 Å². The molecule has 3 N–H and O–H groups in total. The van der Waals surface area contributed by atoms with Crippen molar-refractivity contribution in [2.75, 3.05) is 31.7 Å². The Balaban J connectivity index is 2.49. The molecule has 0 aliphatic rings. The van der Waals surface area contributed by atoms with E-state index in [1.165, 1.54) is 0 Å². The molecule has 7 nitrogen and oxygen atoms in total. The van der Waals surface area contributed by atoms with Gasteiger partial charge in [0.05, 0.1) is 12.3 Å². The monoisotopic (exact) mass is 282 g/mol. The molecule has 0 spiro atoms. The van der Waals surface area contributed by atoms with Crippen LogP contribution < -0.4 is 15.4 Å². The Morgan fingerprint density at radius 2 is 2.05 bits per heavy atom. The number of benzene rings is 1. The van der Waals surface area contributed by atoms with E-state index in [0.29, 0.717) is 31.2 Å². The maximum atomic E-state index is 11.6. The van der Waals surface area contributed by atoms with E-state index >= 15 is 0 Å². The number of carbonyl (C=O) groups is 2. The van der Waals surface area contributed by atoms with Crippen LogP contribution in [0.15, 0.2) is 24.3 Å². The second-order valence-corrected chi connectivity index (χ2v) is 3.76. The van der Waals surface area contributed by atoms with Crippen LogP contribution in [0.25, 0.3) is 0 Å². The molecular formula is C13H18N2O5. The van der Waals surface area contributed by atoms with E-state index in [-0.39, 0.29) is 0 Å². The van der Waals surface area contributed by atoms with E-state index in [1.807, 2.05) is 6.92 Å². The number of urea groups is 1. The number of carboxylic acids is 1. The van der Waals surface area contributed by atoms with E-state index < -0.39 is 18.6 Å². The second kappa shape index (κ2) is 8.76.